The van der Waals surface area contributed by atoms with Gasteiger partial charge in [0.1, 0.15) is 0 Å². The first kappa shape index (κ1) is 11.3. The number of carbonyl (C=O) groups excluding carboxylic acids is 1. The predicted octanol–water partition coefficient (Wildman–Crippen LogP) is 1.32. The lowest BCUT2D eigenvalue weighted by Gasteiger charge is -2.26. The Hall–Kier alpha value is -0.770. The van der Waals surface area contributed by atoms with Gasteiger partial charge in [-0.2, -0.15) is 0 Å². The fourth-order valence-corrected chi connectivity index (χ4v) is 3.53. The molecule has 17 heavy (non-hydrogen) atoms. The summed E-state index contributed by atoms with van der Waals surface area (Å²) in [5.41, 5.74) is 0. The van der Waals surface area contributed by atoms with Crippen molar-refractivity contribution in [2.75, 3.05) is 19.6 Å². The molecule has 4 nitrogen and oxygen atoms in total. The molecular formula is C13H23N3O. The number of hydrogen-bond donors (Lipinski definition) is 2. The van der Waals surface area contributed by atoms with Crippen LogP contribution in [0.25, 0.3) is 0 Å². The zero-order valence-electron chi connectivity index (χ0n) is 10.5. The summed E-state index contributed by atoms with van der Waals surface area (Å²) in [6.45, 7) is 2.99. The van der Waals surface area contributed by atoms with Gasteiger partial charge in [-0.3, -0.25) is 0 Å². The summed E-state index contributed by atoms with van der Waals surface area (Å²) in [7, 11) is 0. The van der Waals surface area contributed by atoms with Gasteiger partial charge in [0.05, 0.1) is 0 Å². The van der Waals surface area contributed by atoms with Gasteiger partial charge < -0.3 is 15.5 Å². The van der Waals surface area contributed by atoms with Gasteiger partial charge in [-0.05, 0) is 31.7 Å². The largest absolute Gasteiger partial charge is 0.335 e. The average Bonchev–Trinajstić information content (AvgIpc) is 2.90. The van der Waals surface area contributed by atoms with Crippen molar-refractivity contribution in [1.82, 2.24) is 15.5 Å². The third-order valence-corrected chi connectivity index (χ3v) is 4.58. The lowest BCUT2D eigenvalue weighted by atomic mass is 9.96. The van der Waals surface area contributed by atoms with E-state index in [1.165, 1.54) is 38.5 Å². The third-order valence-electron chi connectivity index (χ3n) is 4.58. The summed E-state index contributed by atoms with van der Waals surface area (Å²) in [6.07, 6.45) is 7.47. The van der Waals surface area contributed by atoms with E-state index in [-0.39, 0.29) is 6.03 Å². The van der Waals surface area contributed by atoms with Crippen molar-refractivity contribution < 1.29 is 4.79 Å². The Labute approximate surface area is 103 Å². The SMILES string of the molecule is O=C(NC1CCCCC1)N1C[C@H]2CCN[C@H]2C1. The van der Waals surface area contributed by atoms with E-state index in [1.54, 1.807) is 0 Å². The molecular weight excluding hydrogens is 214 g/mol. The summed E-state index contributed by atoms with van der Waals surface area (Å²) in [6, 6.07) is 1.17. The van der Waals surface area contributed by atoms with Crippen LogP contribution in [0.5, 0.6) is 0 Å². The second kappa shape index (κ2) is 4.84. The lowest BCUT2D eigenvalue weighted by Crippen LogP contribution is -2.45. The maximum absolute atomic E-state index is 12.1. The van der Waals surface area contributed by atoms with Crippen molar-refractivity contribution >= 4 is 6.03 Å². The number of nitrogens with zero attached hydrogens (tertiary/aromatic N) is 1. The Balaban J connectivity index is 1.49. The maximum atomic E-state index is 12.1. The van der Waals surface area contributed by atoms with Crippen molar-refractivity contribution in [3.8, 4) is 0 Å². The van der Waals surface area contributed by atoms with Crippen LogP contribution in [0.15, 0.2) is 0 Å². The van der Waals surface area contributed by atoms with Gasteiger partial charge in [0.25, 0.3) is 0 Å². The van der Waals surface area contributed by atoms with E-state index in [9.17, 15) is 4.79 Å². The van der Waals surface area contributed by atoms with Crippen molar-refractivity contribution in [3.63, 3.8) is 0 Å². The molecule has 0 spiro atoms. The molecule has 0 unspecified atom stereocenters. The van der Waals surface area contributed by atoms with E-state index < -0.39 is 0 Å². The highest BCUT2D eigenvalue weighted by molar-refractivity contribution is 5.75. The monoisotopic (exact) mass is 237 g/mol. The van der Waals surface area contributed by atoms with Gasteiger partial charge in [0.2, 0.25) is 0 Å². The molecule has 3 rings (SSSR count). The number of nitrogens with one attached hydrogen (secondary N) is 2. The molecule has 1 saturated carbocycles. The number of rotatable bonds is 1. The van der Waals surface area contributed by atoms with Crippen LogP contribution in [0.4, 0.5) is 4.79 Å². The highest BCUT2D eigenvalue weighted by Crippen LogP contribution is 2.25. The third kappa shape index (κ3) is 2.41. The quantitative estimate of drug-likeness (QED) is 0.722. The van der Waals surface area contributed by atoms with Crippen molar-refractivity contribution in [2.24, 2.45) is 5.92 Å². The molecule has 2 N–H and O–H groups in total. The number of fused-ring (bicyclic) bond motifs is 1. The van der Waals surface area contributed by atoms with Gasteiger partial charge in [-0.25, -0.2) is 4.79 Å². The van der Waals surface area contributed by atoms with Gasteiger partial charge in [-0.1, -0.05) is 19.3 Å². The Kier molecular flexibility index (Phi) is 3.23. The predicted molar refractivity (Wildman–Crippen MR) is 66.9 cm³/mol. The summed E-state index contributed by atoms with van der Waals surface area (Å²) in [5, 5.41) is 6.69. The molecule has 0 aromatic heterocycles. The van der Waals surface area contributed by atoms with Crippen LogP contribution in [-0.4, -0.2) is 42.6 Å². The molecule has 4 heteroatoms. The van der Waals surface area contributed by atoms with Gasteiger partial charge in [0.15, 0.2) is 0 Å². The van der Waals surface area contributed by atoms with Gasteiger partial charge in [0, 0.05) is 25.2 Å². The van der Waals surface area contributed by atoms with Crippen molar-refractivity contribution in [2.45, 2.75) is 50.6 Å². The highest BCUT2D eigenvalue weighted by atomic mass is 16.2. The number of hydrogen-bond acceptors (Lipinski definition) is 2. The maximum Gasteiger partial charge on any atom is 0.317 e. The van der Waals surface area contributed by atoms with Crippen LogP contribution in [0.3, 0.4) is 0 Å². The number of likely N-dealkylation sites (tertiary alicyclic amines) is 1. The second-order valence-electron chi connectivity index (χ2n) is 5.80. The Bertz CT molecular complexity index is 276. The zero-order valence-corrected chi connectivity index (χ0v) is 10.5. The molecule has 2 atom stereocenters. The Morgan fingerprint density at radius 2 is 1.94 bits per heavy atom. The van der Waals surface area contributed by atoms with E-state index in [0.717, 1.165) is 19.6 Å². The molecule has 0 bridgehead atoms. The van der Waals surface area contributed by atoms with E-state index in [1.807, 2.05) is 4.90 Å². The Morgan fingerprint density at radius 3 is 2.71 bits per heavy atom. The van der Waals surface area contributed by atoms with Gasteiger partial charge >= 0.3 is 6.03 Å². The normalized spacial score (nSPS) is 33.8. The van der Waals surface area contributed by atoms with Crippen LogP contribution >= 0.6 is 0 Å². The molecule has 0 radical (unpaired) electrons. The lowest BCUT2D eigenvalue weighted by molar-refractivity contribution is 0.197. The fourth-order valence-electron chi connectivity index (χ4n) is 3.53. The first-order valence-corrected chi connectivity index (χ1v) is 7.12. The average molecular weight is 237 g/mol. The van der Waals surface area contributed by atoms with Crippen LogP contribution in [-0.2, 0) is 0 Å². The molecule has 3 fully saturated rings. The number of urea groups is 1. The molecule has 1 aliphatic carbocycles. The molecule has 2 aliphatic heterocycles. The smallest absolute Gasteiger partial charge is 0.317 e. The van der Waals surface area contributed by atoms with Gasteiger partial charge in [-0.15, -0.1) is 0 Å². The van der Waals surface area contributed by atoms with Crippen LogP contribution in [0, 0.1) is 5.92 Å². The molecule has 3 aliphatic rings. The molecule has 2 saturated heterocycles. The van der Waals surface area contributed by atoms with Crippen molar-refractivity contribution in [3.05, 3.63) is 0 Å². The Morgan fingerprint density at radius 1 is 1.12 bits per heavy atom. The number of amides is 2. The standard InChI is InChI=1S/C13H23N3O/c17-13(15-11-4-2-1-3-5-11)16-8-10-6-7-14-12(10)9-16/h10-12,14H,1-9H2,(H,15,17)/t10-,12+/m1/s1. The van der Waals surface area contributed by atoms with E-state index in [2.05, 4.69) is 10.6 Å². The molecule has 0 aromatic rings. The van der Waals surface area contributed by atoms with E-state index in [4.69, 9.17) is 0 Å². The van der Waals surface area contributed by atoms with Crippen LogP contribution < -0.4 is 10.6 Å². The first-order chi connectivity index (χ1) is 8.33. The summed E-state index contributed by atoms with van der Waals surface area (Å²) < 4.78 is 0. The second-order valence-corrected chi connectivity index (χ2v) is 5.80. The highest BCUT2D eigenvalue weighted by Gasteiger charge is 2.38. The molecule has 2 amide bonds. The minimum absolute atomic E-state index is 0.174. The topological polar surface area (TPSA) is 44.4 Å². The van der Waals surface area contributed by atoms with E-state index in [0.29, 0.717) is 18.0 Å². The number of carbonyl (C=O) groups is 1. The van der Waals surface area contributed by atoms with E-state index >= 15 is 0 Å². The van der Waals surface area contributed by atoms with Crippen molar-refractivity contribution in [1.29, 1.82) is 0 Å². The van der Waals surface area contributed by atoms with Crippen LogP contribution in [0.2, 0.25) is 0 Å². The minimum atomic E-state index is 0.174. The fraction of sp³-hybridized carbons (Fsp3) is 0.923. The zero-order chi connectivity index (χ0) is 11.7. The van der Waals surface area contributed by atoms with Crippen LogP contribution in [0.1, 0.15) is 38.5 Å². The summed E-state index contributed by atoms with van der Waals surface area (Å²) >= 11 is 0. The molecule has 2 heterocycles. The molecule has 96 valence electrons. The first-order valence-electron chi connectivity index (χ1n) is 7.12. The summed E-state index contributed by atoms with van der Waals surface area (Å²) in [5.74, 6) is 0.701. The molecule has 0 aromatic carbocycles. The summed E-state index contributed by atoms with van der Waals surface area (Å²) in [4.78, 5) is 14.1. The minimum Gasteiger partial charge on any atom is -0.335 e.